The van der Waals surface area contributed by atoms with Crippen molar-refractivity contribution in [1.29, 1.82) is 0 Å². The lowest BCUT2D eigenvalue weighted by Crippen LogP contribution is -2.10. The molecule has 0 bridgehead atoms. The number of hydrogen-bond acceptors (Lipinski definition) is 3. The average Bonchev–Trinajstić information content (AvgIpc) is 2.38. The van der Waals surface area contributed by atoms with Crippen LogP contribution in [0.1, 0.15) is 11.1 Å². The minimum Gasteiger partial charge on any atom is -0.340 e. The maximum atomic E-state index is 12.8. The third-order valence-corrected chi connectivity index (χ3v) is 2.54. The molecule has 3 nitrogen and oxygen atoms in total. The molecular weight excluding hydrogens is 255 g/mol. The maximum absolute atomic E-state index is 12.8. The van der Waals surface area contributed by atoms with E-state index < -0.39 is 11.7 Å². The zero-order valence-electron chi connectivity index (χ0n) is 9.91. The van der Waals surface area contributed by atoms with Gasteiger partial charge in [-0.05, 0) is 29.8 Å². The molecule has 1 aromatic carbocycles. The van der Waals surface area contributed by atoms with Gasteiger partial charge in [0.15, 0.2) is 0 Å². The number of nitrogens with zero attached hydrogens (tertiary/aromatic N) is 1. The molecule has 0 unspecified atom stereocenters. The molecule has 6 heteroatoms. The zero-order chi connectivity index (χ0) is 13.9. The van der Waals surface area contributed by atoms with E-state index in [0.29, 0.717) is 12.2 Å². The molecule has 2 rings (SSSR count). The van der Waals surface area contributed by atoms with Gasteiger partial charge < -0.3 is 11.1 Å². The van der Waals surface area contributed by atoms with Crippen LogP contribution in [0.25, 0.3) is 0 Å². The van der Waals surface area contributed by atoms with Gasteiger partial charge in [0.25, 0.3) is 0 Å². The highest BCUT2D eigenvalue weighted by atomic mass is 19.4. The van der Waals surface area contributed by atoms with Crippen LogP contribution in [0, 0.1) is 0 Å². The van der Waals surface area contributed by atoms with E-state index in [1.54, 1.807) is 24.3 Å². The number of nitrogens with two attached hydrogens (primary N) is 1. The first-order chi connectivity index (χ1) is 9.00. The molecule has 0 radical (unpaired) electrons. The molecule has 0 aliphatic carbocycles. The molecule has 19 heavy (non-hydrogen) atoms. The van der Waals surface area contributed by atoms with Crippen molar-refractivity contribution in [2.45, 2.75) is 12.7 Å². The monoisotopic (exact) mass is 267 g/mol. The quantitative estimate of drug-likeness (QED) is 0.897. The smallest absolute Gasteiger partial charge is 0.340 e. The van der Waals surface area contributed by atoms with Crippen molar-refractivity contribution < 1.29 is 13.2 Å². The fourth-order valence-corrected chi connectivity index (χ4v) is 1.65. The Hall–Kier alpha value is -2.08. The van der Waals surface area contributed by atoms with Gasteiger partial charge >= 0.3 is 6.18 Å². The minimum absolute atomic E-state index is 0.218. The Morgan fingerprint density at radius 1 is 1.16 bits per heavy atom. The van der Waals surface area contributed by atoms with Crippen molar-refractivity contribution in [2.24, 2.45) is 5.73 Å². The van der Waals surface area contributed by atoms with E-state index in [1.807, 2.05) is 0 Å². The van der Waals surface area contributed by atoms with Crippen LogP contribution in [0.15, 0.2) is 42.6 Å². The van der Waals surface area contributed by atoms with Crippen LogP contribution in [-0.4, -0.2) is 4.98 Å². The summed E-state index contributed by atoms with van der Waals surface area (Å²) in [5.74, 6) is -0.218. The molecule has 0 fully saturated rings. The summed E-state index contributed by atoms with van der Waals surface area (Å²) in [5, 5.41) is 2.67. The predicted molar refractivity (Wildman–Crippen MR) is 66.9 cm³/mol. The Morgan fingerprint density at radius 2 is 1.95 bits per heavy atom. The molecule has 0 atom stereocenters. The molecule has 0 saturated carbocycles. The van der Waals surface area contributed by atoms with Crippen LogP contribution < -0.4 is 11.1 Å². The van der Waals surface area contributed by atoms with Gasteiger partial charge in [0.05, 0.1) is 5.56 Å². The summed E-state index contributed by atoms with van der Waals surface area (Å²) in [7, 11) is 0. The summed E-state index contributed by atoms with van der Waals surface area (Å²) in [6, 6.07) is 9.12. The highest BCUT2D eigenvalue weighted by Gasteiger charge is 2.34. The molecule has 0 aliphatic rings. The van der Waals surface area contributed by atoms with E-state index in [0.717, 1.165) is 11.6 Å². The van der Waals surface area contributed by atoms with Crippen molar-refractivity contribution in [3.63, 3.8) is 0 Å². The van der Waals surface area contributed by atoms with Crippen molar-refractivity contribution in [1.82, 2.24) is 4.98 Å². The van der Waals surface area contributed by atoms with Gasteiger partial charge in [0.1, 0.15) is 5.82 Å². The van der Waals surface area contributed by atoms with Gasteiger partial charge in [-0.3, -0.25) is 0 Å². The first kappa shape index (κ1) is 13.4. The van der Waals surface area contributed by atoms with E-state index in [4.69, 9.17) is 5.73 Å². The lowest BCUT2D eigenvalue weighted by molar-refractivity contribution is -0.137. The summed E-state index contributed by atoms with van der Waals surface area (Å²) in [6.07, 6.45) is -3.13. The van der Waals surface area contributed by atoms with E-state index in [9.17, 15) is 13.2 Å². The first-order valence-electron chi connectivity index (χ1n) is 5.59. The number of halogens is 3. The maximum Gasteiger partial charge on any atom is 0.419 e. The Bertz CT molecular complexity index is 567. The van der Waals surface area contributed by atoms with Gasteiger partial charge in [-0.25, -0.2) is 4.98 Å². The Morgan fingerprint density at radius 3 is 2.63 bits per heavy atom. The average molecular weight is 267 g/mol. The topological polar surface area (TPSA) is 50.9 Å². The Kier molecular flexibility index (Phi) is 3.71. The molecular formula is C13H12F3N3. The number of aromatic nitrogens is 1. The number of hydrogen-bond donors (Lipinski definition) is 2. The number of benzene rings is 1. The molecule has 2 aromatic rings. The number of pyridine rings is 1. The van der Waals surface area contributed by atoms with Gasteiger partial charge in [-0.1, -0.05) is 12.1 Å². The SMILES string of the molecule is NCc1cccc(Nc2ncccc2C(F)(F)F)c1. The van der Waals surface area contributed by atoms with E-state index in [1.165, 1.54) is 12.3 Å². The summed E-state index contributed by atoms with van der Waals surface area (Å²) in [6.45, 7) is 0.323. The summed E-state index contributed by atoms with van der Waals surface area (Å²) in [5.41, 5.74) is 6.04. The molecule has 1 heterocycles. The molecule has 100 valence electrons. The van der Waals surface area contributed by atoms with E-state index in [2.05, 4.69) is 10.3 Å². The highest BCUT2D eigenvalue weighted by molar-refractivity contribution is 5.60. The number of nitrogens with one attached hydrogen (secondary N) is 1. The molecule has 0 amide bonds. The third kappa shape index (κ3) is 3.23. The molecule has 0 spiro atoms. The second-order valence-electron chi connectivity index (χ2n) is 3.93. The lowest BCUT2D eigenvalue weighted by Gasteiger charge is -2.13. The minimum atomic E-state index is -4.44. The normalized spacial score (nSPS) is 11.4. The first-order valence-corrected chi connectivity index (χ1v) is 5.59. The summed E-state index contributed by atoms with van der Waals surface area (Å²) < 4.78 is 38.4. The van der Waals surface area contributed by atoms with Crippen LogP contribution in [0.2, 0.25) is 0 Å². The van der Waals surface area contributed by atoms with Crippen molar-refractivity contribution in [2.75, 3.05) is 5.32 Å². The van der Waals surface area contributed by atoms with E-state index >= 15 is 0 Å². The number of rotatable bonds is 3. The Labute approximate surface area is 108 Å². The van der Waals surface area contributed by atoms with Gasteiger partial charge in [-0.15, -0.1) is 0 Å². The largest absolute Gasteiger partial charge is 0.419 e. The van der Waals surface area contributed by atoms with Crippen molar-refractivity contribution >= 4 is 11.5 Å². The molecule has 0 saturated heterocycles. The van der Waals surface area contributed by atoms with Gasteiger partial charge in [0.2, 0.25) is 0 Å². The number of alkyl halides is 3. The standard InChI is InChI=1S/C13H12F3N3/c14-13(15,16)11-5-2-6-18-12(11)19-10-4-1-3-9(7-10)8-17/h1-7H,8,17H2,(H,18,19). The van der Waals surface area contributed by atoms with Crippen LogP contribution >= 0.6 is 0 Å². The zero-order valence-corrected chi connectivity index (χ0v) is 9.91. The van der Waals surface area contributed by atoms with Crippen LogP contribution in [0.4, 0.5) is 24.7 Å². The van der Waals surface area contributed by atoms with Crippen molar-refractivity contribution in [3.05, 3.63) is 53.7 Å². The second-order valence-corrected chi connectivity index (χ2v) is 3.93. The van der Waals surface area contributed by atoms with Crippen molar-refractivity contribution in [3.8, 4) is 0 Å². The van der Waals surface area contributed by atoms with Crippen LogP contribution in [-0.2, 0) is 12.7 Å². The second kappa shape index (κ2) is 5.27. The predicted octanol–water partition coefficient (Wildman–Crippen LogP) is 3.30. The van der Waals surface area contributed by atoms with Crippen LogP contribution in [0.3, 0.4) is 0 Å². The molecule has 1 aromatic heterocycles. The van der Waals surface area contributed by atoms with Crippen LogP contribution in [0.5, 0.6) is 0 Å². The van der Waals surface area contributed by atoms with E-state index in [-0.39, 0.29) is 5.82 Å². The molecule has 0 aliphatic heterocycles. The summed E-state index contributed by atoms with van der Waals surface area (Å²) >= 11 is 0. The number of anilines is 2. The third-order valence-electron chi connectivity index (χ3n) is 2.54. The Balaban J connectivity index is 2.33. The highest BCUT2D eigenvalue weighted by Crippen LogP contribution is 2.34. The molecule has 3 N–H and O–H groups in total. The fourth-order valence-electron chi connectivity index (χ4n) is 1.65. The lowest BCUT2D eigenvalue weighted by atomic mass is 10.2. The summed E-state index contributed by atoms with van der Waals surface area (Å²) in [4.78, 5) is 3.73. The van der Waals surface area contributed by atoms with Gasteiger partial charge in [0, 0.05) is 18.4 Å². The van der Waals surface area contributed by atoms with Gasteiger partial charge in [-0.2, -0.15) is 13.2 Å². The fraction of sp³-hybridized carbons (Fsp3) is 0.154.